The predicted octanol–water partition coefficient (Wildman–Crippen LogP) is 5.17. The van der Waals surface area contributed by atoms with Crippen LogP contribution in [-0.4, -0.2) is 12.0 Å². The molecular weight excluding hydrogens is 354 g/mol. The molecule has 0 aliphatic heterocycles. The van der Waals surface area contributed by atoms with Crippen LogP contribution >= 0.6 is 15.9 Å². The lowest BCUT2D eigenvalue weighted by Crippen LogP contribution is -2.32. The number of rotatable bonds is 5. The molecule has 122 valence electrons. The van der Waals surface area contributed by atoms with Gasteiger partial charge in [0.1, 0.15) is 5.75 Å². The van der Waals surface area contributed by atoms with Crippen LogP contribution in [-0.2, 0) is 4.79 Å². The number of carbonyl (C=O) groups is 1. The van der Waals surface area contributed by atoms with E-state index in [1.807, 2.05) is 64.1 Å². The van der Waals surface area contributed by atoms with Gasteiger partial charge in [0.05, 0.1) is 0 Å². The normalized spacial score (nSPS) is 11.9. The minimum atomic E-state index is -0.514. The standard InChI is InChI=1S/C19H22BrNO2/c1-5-17(23-18-8-6-7-12(2)14(18)4)19(22)21-15-9-10-16(20)13(3)11-15/h6-11,17H,5H2,1-4H3,(H,21,22)/t17-/m0/s1. The summed E-state index contributed by atoms with van der Waals surface area (Å²) < 4.78 is 6.96. The molecule has 0 saturated heterocycles. The number of hydrogen-bond donors (Lipinski definition) is 1. The molecule has 0 fully saturated rings. The molecule has 0 aliphatic rings. The second-order valence-electron chi connectivity index (χ2n) is 5.67. The lowest BCUT2D eigenvalue weighted by molar-refractivity contribution is -0.122. The van der Waals surface area contributed by atoms with Crippen molar-refractivity contribution < 1.29 is 9.53 Å². The van der Waals surface area contributed by atoms with E-state index in [-0.39, 0.29) is 5.91 Å². The summed E-state index contributed by atoms with van der Waals surface area (Å²) in [5.74, 6) is 0.633. The van der Waals surface area contributed by atoms with Crippen LogP contribution in [0.15, 0.2) is 40.9 Å². The van der Waals surface area contributed by atoms with Crippen molar-refractivity contribution in [3.05, 3.63) is 57.6 Å². The van der Waals surface area contributed by atoms with Crippen molar-refractivity contribution in [3.8, 4) is 5.75 Å². The largest absolute Gasteiger partial charge is 0.480 e. The van der Waals surface area contributed by atoms with Crippen molar-refractivity contribution >= 4 is 27.5 Å². The van der Waals surface area contributed by atoms with Crippen molar-refractivity contribution in [2.45, 2.75) is 40.2 Å². The number of halogens is 1. The van der Waals surface area contributed by atoms with Gasteiger partial charge in [-0.25, -0.2) is 0 Å². The van der Waals surface area contributed by atoms with Crippen LogP contribution in [0.5, 0.6) is 5.75 Å². The zero-order valence-corrected chi connectivity index (χ0v) is 15.5. The smallest absolute Gasteiger partial charge is 0.265 e. The Morgan fingerprint density at radius 3 is 2.57 bits per heavy atom. The molecular formula is C19H22BrNO2. The van der Waals surface area contributed by atoms with Crippen LogP contribution in [0.25, 0.3) is 0 Å². The molecule has 0 bridgehead atoms. The highest BCUT2D eigenvalue weighted by molar-refractivity contribution is 9.10. The Kier molecular flexibility index (Phi) is 5.83. The molecule has 0 radical (unpaired) electrons. The first kappa shape index (κ1) is 17.5. The summed E-state index contributed by atoms with van der Waals surface area (Å²) in [5, 5.41) is 2.93. The molecule has 1 atom stereocenters. The van der Waals surface area contributed by atoms with E-state index < -0.39 is 6.10 Å². The molecule has 4 heteroatoms. The van der Waals surface area contributed by atoms with Crippen LogP contribution < -0.4 is 10.1 Å². The third kappa shape index (κ3) is 4.35. The first-order chi connectivity index (χ1) is 10.9. The summed E-state index contributed by atoms with van der Waals surface area (Å²) in [4.78, 5) is 12.5. The summed E-state index contributed by atoms with van der Waals surface area (Å²) in [6, 6.07) is 11.6. The number of ether oxygens (including phenoxy) is 1. The van der Waals surface area contributed by atoms with Gasteiger partial charge in [0.25, 0.3) is 5.91 Å². The molecule has 0 saturated carbocycles. The average molecular weight is 376 g/mol. The van der Waals surface area contributed by atoms with Gasteiger partial charge in [0, 0.05) is 10.2 Å². The molecule has 0 aromatic heterocycles. The second-order valence-corrected chi connectivity index (χ2v) is 6.52. The number of amides is 1. The van der Waals surface area contributed by atoms with Crippen molar-refractivity contribution in [1.29, 1.82) is 0 Å². The molecule has 23 heavy (non-hydrogen) atoms. The van der Waals surface area contributed by atoms with Gasteiger partial charge in [-0.3, -0.25) is 4.79 Å². The van der Waals surface area contributed by atoms with Crippen LogP contribution in [0.4, 0.5) is 5.69 Å². The Hall–Kier alpha value is -1.81. The SMILES string of the molecule is CC[C@H](Oc1cccc(C)c1C)C(=O)Nc1ccc(Br)c(C)c1. The molecule has 2 aromatic carbocycles. The Morgan fingerprint density at radius 1 is 1.17 bits per heavy atom. The van der Waals surface area contributed by atoms with E-state index in [1.54, 1.807) is 0 Å². The number of aryl methyl sites for hydroxylation is 2. The van der Waals surface area contributed by atoms with E-state index >= 15 is 0 Å². The van der Waals surface area contributed by atoms with Gasteiger partial charge in [0.2, 0.25) is 0 Å². The first-order valence-corrected chi connectivity index (χ1v) is 8.51. The van der Waals surface area contributed by atoms with Gasteiger partial charge in [-0.2, -0.15) is 0 Å². The summed E-state index contributed by atoms with van der Waals surface area (Å²) in [6.45, 7) is 7.98. The van der Waals surface area contributed by atoms with E-state index in [2.05, 4.69) is 21.2 Å². The van der Waals surface area contributed by atoms with Gasteiger partial charge in [0.15, 0.2) is 6.10 Å². The van der Waals surface area contributed by atoms with E-state index in [0.29, 0.717) is 6.42 Å². The zero-order valence-electron chi connectivity index (χ0n) is 13.9. The van der Waals surface area contributed by atoms with Crippen molar-refractivity contribution in [2.75, 3.05) is 5.32 Å². The molecule has 1 amide bonds. The van der Waals surface area contributed by atoms with Crippen LogP contribution in [0.2, 0.25) is 0 Å². The molecule has 2 rings (SSSR count). The van der Waals surface area contributed by atoms with E-state index in [1.165, 1.54) is 0 Å². The average Bonchev–Trinajstić information content (AvgIpc) is 2.52. The topological polar surface area (TPSA) is 38.3 Å². The maximum Gasteiger partial charge on any atom is 0.265 e. The second kappa shape index (κ2) is 7.64. The number of anilines is 1. The summed E-state index contributed by atoms with van der Waals surface area (Å²) in [7, 11) is 0. The number of benzene rings is 2. The molecule has 0 spiro atoms. The monoisotopic (exact) mass is 375 g/mol. The van der Waals surface area contributed by atoms with E-state index in [9.17, 15) is 4.79 Å². The van der Waals surface area contributed by atoms with Crippen molar-refractivity contribution in [1.82, 2.24) is 0 Å². The fraction of sp³-hybridized carbons (Fsp3) is 0.316. The van der Waals surface area contributed by atoms with Gasteiger partial charge in [-0.1, -0.05) is 35.0 Å². The van der Waals surface area contributed by atoms with Crippen LogP contribution in [0.3, 0.4) is 0 Å². The van der Waals surface area contributed by atoms with Gasteiger partial charge >= 0.3 is 0 Å². The Labute approximate surface area is 146 Å². The lowest BCUT2D eigenvalue weighted by Gasteiger charge is -2.19. The highest BCUT2D eigenvalue weighted by Crippen LogP contribution is 2.24. The van der Waals surface area contributed by atoms with Crippen LogP contribution in [0, 0.1) is 20.8 Å². The summed E-state index contributed by atoms with van der Waals surface area (Å²) >= 11 is 3.46. The van der Waals surface area contributed by atoms with Crippen molar-refractivity contribution in [2.24, 2.45) is 0 Å². The number of nitrogens with one attached hydrogen (secondary N) is 1. The fourth-order valence-electron chi connectivity index (χ4n) is 2.27. The third-order valence-corrected chi connectivity index (χ3v) is 4.80. The Bertz CT molecular complexity index is 713. The third-order valence-electron chi connectivity index (χ3n) is 3.91. The quantitative estimate of drug-likeness (QED) is 0.782. The molecule has 3 nitrogen and oxygen atoms in total. The van der Waals surface area contributed by atoms with Crippen molar-refractivity contribution in [3.63, 3.8) is 0 Å². The lowest BCUT2D eigenvalue weighted by atomic mass is 10.1. The minimum absolute atomic E-state index is 0.130. The van der Waals surface area contributed by atoms with Crippen LogP contribution in [0.1, 0.15) is 30.0 Å². The Morgan fingerprint density at radius 2 is 1.91 bits per heavy atom. The predicted molar refractivity (Wildman–Crippen MR) is 98.1 cm³/mol. The van der Waals surface area contributed by atoms with Gasteiger partial charge in [-0.15, -0.1) is 0 Å². The molecule has 0 unspecified atom stereocenters. The number of hydrogen-bond acceptors (Lipinski definition) is 2. The molecule has 0 heterocycles. The number of carbonyl (C=O) groups excluding carboxylic acids is 1. The zero-order chi connectivity index (χ0) is 17.0. The highest BCUT2D eigenvalue weighted by Gasteiger charge is 2.19. The summed E-state index contributed by atoms with van der Waals surface area (Å²) in [5.41, 5.74) is 4.07. The molecule has 2 aromatic rings. The fourth-order valence-corrected chi connectivity index (χ4v) is 2.52. The van der Waals surface area contributed by atoms with E-state index in [0.717, 1.165) is 32.6 Å². The summed E-state index contributed by atoms with van der Waals surface area (Å²) in [6.07, 6.45) is 0.0915. The molecule has 1 N–H and O–H groups in total. The maximum atomic E-state index is 12.5. The first-order valence-electron chi connectivity index (χ1n) is 7.72. The van der Waals surface area contributed by atoms with Gasteiger partial charge in [-0.05, 0) is 68.1 Å². The molecule has 0 aliphatic carbocycles. The highest BCUT2D eigenvalue weighted by atomic mass is 79.9. The Balaban J connectivity index is 2.12. The minimum Gasteiger partial charge on any atom is -0.480 e. The maximum absolute atomic E-state index is 12.5. The van der Waals surface area contributed by atoms with Gasteiger partial charge < -0.3 is 10.1 Å². The van der Waals surface area contributed by atoms with E-state index in [4.69, 9.17) is 4.74 Å².